The number of fused-ring (bicyclic) bond motifs is 1. The van der Waals surface area contributed by atoms with Gasteiger partial charge in [-0.15, -0.1) is 0 Å². The number of ether oxygens (including phenoxy) is 2. The van der Waals surface area contributed by atoms with E-state index in [4.69, 9.17) is 9.47 Å². The molecule has 2 aromatic rings. The molecule has 154 valence electrons. The minimum absolute atomic E-state index is 0.0593. The zero-order chi connectivity index (χ0) is 19.7. The van der Waals surface area contributed by atoms with Crippen LogP contribution in [0.1, 0.15) is 43.7 Å². The van der Waals surface area contributed by atoms with Crippen LogP contribution in [-0.4, -0.2) is 59.1 Å². The minimum Gasteiger partial charge on any atom is -0.371 e. The molecule has 2 atom stereocenters. The maximum atomic E-state index is 13.8. The van der Waals surface area contributed by atoms with Crippen LogP contribution < -0.4 is 0 Å². The first-order chi connectivity index (χ1) is 14.3. The Bertz CT molecular complexity index is 801. The molecule has 3 heterocycles. The molecule has 1 aromatic carbocycles. The maximum Gasteiger partial charge on any atom is 0.233 e. The summed E-state index contributed by atoms with van der Waals surface area (Å²) in [5.74, 6) is 0.257. The molecular weight excluding hydrogens is 366 g/mol. The molecule has 6 heteroatoms. The fourth-order valence-corrected chi connectivity index (χ4v) is 5.24. The van der Waals surface area contributed by atoms with Crippen LogP contribution in [0.25, 0.3) is 0 Å². The van der Waals surface area contributed by atoms with Crippen molar-refractivity contribution < 1.29 is 14.3 Å². The van der Waals surface area contributed by atoms with Gasteiger partial charge in [0, 0.05) is 25.5 Å². The zero-order valence-corrected chi connectivity index (χ0v) is 16.8. The van der Waals surface area contributed by atoms with Gasteiger partial charge in [0.15, 0.2) is 0 Å². The van der Waals surface area contributed by atoms with Gasteiger partial charge in [-0.1, -0.05) is 49.6 Å². The second-order valence-electron chi connectivity index (χ2n) is 8.60. The van der Waals surface area contributed by atoms with Crippen molar-refractivity contribution in [2.75, 3.05) is 26.3 Å². The molecule has 2 aliphatic heterocycles. The lowest BCUT2D eigenvalue weighted by Crippen LogP contribution is -2.48. The monoisotopic (exact) mass is 395 g/mol. The number of carbonyl (C=O) groups is 1. The Hall–Kier alpha value is -2.18. The summed E-state index contributed by atoms with van der Waals surface area (Å²) in [7, 11) is 0. The lowest BCUT2D eigenvalue weighted by Gasteiger charge is -2.39. The molecule has 0 unspecified atom stereocenters. The molecule has 3 fully saturated rings. The van der Waals surface area contributed by atoms with E-state index in [0.29, 0.717) is 26.3 Å². The van der Waals surface area contributed by atoms with Gasteiger partial charge in [-0.2, -0.15) is 5.10 Å². The number of benzene rings is 1. The van der Waals surface area contributed by atoms with Crippen LogP contribution in [-0.2, 0) is 19.7 Å². The third-order valence-electron chi connectivity index (χ3n) is 6.85. The second kappa shape index (κ2) is 7.92. The van der Waals surface area contributed by atoms with Crippen LogP contribution >= 0.6 is 0 Å². The van der Waals surface area contributed by atoms with E-state index in [1.165, 1.54) is 6.42 Å². The fraction of sp³-hybridized carbons (Fsp3) is 0.565. The van der Waals surface area contributed by atoms with Crippen LogP contribution in [0.4, 0.5) is 0 Å². The van der Waals surface area contributed by atoms with Crippen molar-refractivity contribution in [1.82, 2.24) is 14.7 Å². The highest BCUT2D eigenvalue weighted by Crippen LogP contribution is 2.42. The Kier molecular flexibility index (Phi) is 5.14. The Balaban J connectivity index is 1.31. The number of likely N-dealkylation sites (tertiary alicyclic amines) is 1. The number of nitrogens with zero attached hydrogens (tertiary/aromatic N) is 3. The summed E-state index contributed by atoms with van der Waals surface area (Å²) in [6.07, 6.45) is 8.91. The summed E-state index contributed by atoms with van der Waals surface area (Å²) < 4.78 is 14.3. The lowest BCUT2D eigenvalue weighted by molar-refractivity contribution is -0.138. The third-order valence-corrected chi connectivity index (χ3v) is 6.85. The van der Waals surface area contributed by atoms with E-state index in [-0.39, 0.29) is 29.6 Å². The predicted octanol–water partition coefficient (Wildman–Crippen LogP) is 2.95. The van der Waals surface area contributed by atoms with Crippen molar-refractivity contribution >= 4 is 5.91 Å². The quantitative estimate of drug-likeness (QED) is 0.802. The topological polar surface area (TPSA) is 56.6 Å². The van der Waals surface area contributed by atoms with Gasteiger partial charge in [0.1, 0.15) is 12.2 Å². The molecular formula is C23H29N3O3. The average Bonchev–Trinajstić information content (AvgIpc) is 3.41. The van der Waals surface area contributed by atoms with Crippen LogP contribution in [0.2, 0.25) is 0 Å². The number of hydrogen-bond donors (Lipinski definition) is 0. The van der Waals surface area contributed by atoms with E-state index in [0.717, 1.165) is 31.2 Å². The van der Waals surface area contributed by atoms with Crippen molar-refractivity contribution in [2.45, 2.75) is 55.8 Å². The maximum absolute atomic E-state index is 13.8. The Morgan fingerprint density at radius 1 is 0.966 bits per heavy atom. The molecule has 1 amide bonds. The van der Waals surface area contributed by atoms with E-state index >= 15 is 0 Å². The largest absolute Gasteiger partial charge is 0.371 e. The van der Waals surface area contributed by atoms with Crippen molar-refractivity contribution in [3.8, 4) is 0 Å². The summed E-state index contributed by atoms with van der Waals surface area (Å²) >= 11 is 0. The number of hydrogen-bond acceptors (Lipinski definition) is 4. The van der Waals surface area contributed by atoms with Gasteiger partial charge in [-0.05, 0) is 24.5 Å². The van der Waals surface area contributed by atoms with Gasteiger partial charge in [0.25, 0.3) is 0 Å². The summed E-state index contributed by atoms with van der Waals surface area (Å²) in [4.78, 5) is 15.8. The normalized spacial score (nSPS) is 27.4. The van der Waals surface area contributed by atoms with Crippen LogP contribution in [0.15, 0.2) is 48.8 Å². The number of carbonyl (C=O) groups excluding carboxylic acids is 1. The van der Waals surface area contributed by atoms with Crippen molar-refractivity contribution in [1.29, 1.82) is 0 Å². The van der Waals surface area contributed by atoms with Gasteiger partial charge in [-0.3, -0.25) is 9.48 Å². The molecule has 1 aliphatic carbocycles. The van der Waals surface area contributed by atoms with Gasteiger partial charge >= 0.3 is 0 Å². The van der Waals surface area contributed by atoms with E-state index < -0.39 is 0 Å². The second-order valence-corrected chi connectivity index (χ2v) is 8.60. The third kappa shape index (κ3) is 3.49. The molecule has 1 saturated carbocycles. The van der Waals surface area contributed by atoms with E-state index in [1.807, 2.05) is 27.9 Å². The first-order valence-electron chi connectivity index (χ1n) is 10.8. The predicted molar refractivity (Wildman–Crippen MR) is 109 cm³/mol. The molecule has 29 heavy (non-hydrogen) atoms. The standard InChI is InChI=1S/C23H29N3O3/c27-22(23(10-5-2-6-11-23)18-8-3-1-4-9-18)25-14-20-21(15-25)29-17-19(16-28-20)26-13-7-12-24-26/h1,3-4,7-9,12-13,19-21H,2,5-6,10-11,14-17H2/t20-,21-/m0/s1. The number of aromatic nitrogens is 2. The Morgan fingerprint density at radius 2 is 1.66 bits per heavy atom. The SMILES string of the molecule is O=C(N1C[C@@H]2OCC(n3cccn3)CO[C@H]2C1)C1(c2ccccc2)CCCCC1. The van der Waals surface area contributed by atoms with E-state index in [1.54, 1.807) is 6.20 Å². The molecule has 6 nitrogen and oxygen atoms in total. The Labute approximate surface area is 171 Å². The van der Waals surface area contributed by atoms with Crippen molar-refractivity contribution in [2.24, 2.45) is 0 Å². The first-order valence-corrected chi connectivity index (χ1v) is 10.8. The van der Waals surface area contributed by atoms with Crippen LogP contribution in [0, 0.1) is 0 Å². The molecule has 3 aliphatic rings. The Morgan fingerprint density at radius 3 is 2.28 bits per heavy atom. The number of rotatable bonds is 3. The first kappa shape index (κ1) is 18.8. The molecule has 0 spiro atoms. The fourth-order valence-electron chi connectivity index (χ4n) is 5.24. The summed E-state index contributed by atoms with van der Waals surface area (Å²) in [6, 6.07) is 12.4. The highest BCUT2D eigenvalue weighted by atomic mass is 16.6. The van der Waals surface area contributed by atoms with E-state index in [9.17, 15) is 4.79 Å². The smallest absolute Gasteiger partial charge is 0.233 e. The summed E-state index contributed by atoms with van der Waals surface area (Å²) in [6.45, 7) is 2.36. The summed E-state index contributed by atoms with van der Waals surface area (Å²) in [5, 5.41) is 4.31. The molecule has 5 rings (SSSR count). The average molecular weight is 396 g/mol. The van der Waals surface area contributed by atoms with Gasteiger partial charge in [-0.25, -0.2) is 0 Å². The molecule has 1 aromatic heterocycles. The molecule has 0 N–H and O–H groups in total. The highest BCUT2D eigenvalue weighted by molar-refractivity contribution is 5.88. The van der Waals surface area contributed by atoms with Crippen molar-refractivity contribution in [3.63, 3.8) is 0 Å². The molecule has 2 saturated heterocycles. The van der Waals surface area contributed by atoms with Crippen molar-refractivity contribution in [3.05, 3.63) is 54.4 Å². The number of amides is 1. The zero-order valence-electron chi connectivity index (χ0n) is 16.8. The highest BCUT2D eigenvalue weighted by Gasteiger charge is 2.48. The summed E-state index contributed by atoms with van der Waals surface area (Å²) in [5.41, 5.74) is 0.776. The molecule has 0 radical (unpaired) electrons. The van der Waals surface area contributed by atoms with E-state index in [2.05, 4.69) is 29.4 Å². The van der Waals surface area contributed by atoms with Gasteiger partial charge in [0.2, 0.25) is 5.91 Å². The van der Waals surface area contributed by atoms with Gasteiger partial charge < -0.3 is 14.4 Å². The molecule has 0 bridgehead atoms. The minimum atomic E-state index is -0.388. The van der Waals surface area contributed by atoms with Gasteiger partial charge in [0.05, 0.1) is 24.7 Å². The van der Waals surface area contributed by atoms with Crippen LogP contribution in [0.5, 0.6) is 0 Å². The van der Waals surface area contributed by atoms with Crippen LogP contribution in [0.3, 0.4) is 0 Å². The lowest BCUT2D eigenvalue weighted by atomic mass is 9.68.